The first kappa shape index (κ1) is 24.4. The maximum atomic E-state index is 13.4. The number of benzene rings is 2. The average molecular weight is 485 g/mol. The molecule has 1 amide bonds. The van der Waals surface area contributed by atoms with Crippen molar-refractivity contribution in [1.29, 1.82) is 0 Å². The van der Waals surface area contributed by atoms with E-state index in [4.69, 9.17) is 4.74 Å². The quantitative estimate of drug-likeness (QED) is 0.562. The van der Waals surface area contributed by atoms with Crippen molar-refractivity contribution in [2.45, 2.75) is 50.0 Å². The lowest BCUT2D eigenvalue weighted by molar-refractivity contribution is -0.137. The summed E-state index contributed by atoms with van der Waals surface area (Å²) in [6, 6.07) is 14.2. The number of ketones is 1. The van der Waals surface area contributed by atoms with Gasteiger partial charge in [-0.2, -0.15) is 4.31 Å². The maximum Gasteiger partial charge on any atom is 0.243 e. The van der Waals surface area contributed by atoms with Crippen LogP contribution in [0.3, 0.4) is 0 Å². The summed E-state index contributed by atoms with van der Waals surface area (Å²) in [6.45, 7) is 2.85. The van der Waals surface area contributed by atoms with Crippen LogP contribution in [0.5, 0.6) is 5.75 Å². The van der Waals surface area contributed by atoms with Crippen molar-refractivity contribution in [2.24, 2.45) is 5.92 Å². The number of nitrogens with zero attached hydrogens (tertiary/aromatic N) is 2. The van der Waals surface area contributed by atoms with E-state index in [1.54, 1.807) is 19.2 Å². The van der Waals surface area contributed by atoms with Gasteiger partial charge < -0.3 is 9.64 Å². The van der Waals surface area contributed by atoms with E-state index in [0.717, 1.165) is 37.1 Å². The molecule has 2 aromatic carbocycles. The highest BCUT2D eigenvalue weighted by atomic mass is 32.2. The predicted molar refractivity (Wildman–Crippen MR) is 129 cm³/mol. The van der Waals surface area contributed by atoms with Gasteiger partial charge in [-0.15, -0.1) is 0 Å². The van der Waals surface area contributed by atoms with Crippen molar-refractivity contribution in [3.8, 4) is 5.75 Å². The van der Waals surface area contributed by atoms with Crippen LogP contribution in [-0.2, 0) is 21.2 Å². The van der Waals surface area contributed by atoms with E-state index in [1.807, 2.05) is 23.1 Å². The van der Waals surface area contributed by atoms with Crippen LogP contribution in [0, 0.1) is 5.92 Å². The van der Waals surface area contributed by atoms with Crippen LogP contribution in [0.4, 0.5) is 0 Å². The summed E-state index contributed by atoms with van der Waals surface area (Å²) >= 11 is 0. The predicted octanol–water partition coefficient (Wildman–Crippen LogP) is 3.53. The third-order valence-corrected chi connectivity index (χ3v) is 8.88. The van der Waals surface area contributed by atoms with Crippen LogP contribution in [0.15, 0.2) is 53.4 Å². The van der Waals surface area contributed by atoms with Crippen LogP contribution >= 0.6 is 0 Å². The molecule has 8 heteroatoms. The molecule has 2 aromatic rings. The molecule has 2 fully saturated rings. The minimum atomic E-state index is -3.65. The largest absolute Gasteiger partial charge is 0.497 e. The Morgan fingerprint density at radius 3 is 2.35 bits per heavy atom. The zero-order valence-corrected chi connectivity index (χ0v) is 20.6. The molecular formula is C26H32N2O5S. The van der Waals surface area contributed by atoms with Crippen molar-refractivity contribution >= 4 is 21.7 Å². The molecule has 1 atom stereocenters. The van der Waals surface area contributed by atoms with Crippen LogP contribution in [-0.4, -0.2) is 62.1 Å². The zero-order valence-electron chi connectivity index (χ0n) is 19.8. The molecule has 0 saturated carbocycles. The summed E-state index contributed by atoms with van der Waals surface area (Å²) in [5.41, 5.74) is 1.64. The molecular weight excluding hydrogens is 452 g/mol. The topological polar surface area (TPSA) is 84.0 Å². The zero-order chi connectivity index (χ0) is 24.3. The highest BCUT2D eigenvalue weighted by Crippen LogP contribution is 2.29. The first-order valence-corrected chi connectivity index (χ1v) is 13.3. The monoisotopic (exact) mass is 484 g/mol. The molecule has 1 unspecified atom stereocenters. The molecule has 0 aromatic heterocycles. The van der Waals surface area contributed by atoms with Gasteiger partial charge in [0.25, 0.3) is 0 Å². The van der Waals surface area contributed by atoms with E-state index in [2.05, 4.69) is 6.07 Å². The molecule has 4 rings (SSSR count). The summed E-state index contributed by atoms with van der Waals surface area (Å²) in [6.07, 6.45) is 3.81. The van der Waals surface area contributed by atoms with Gasteiger partial charge in [0.2, 0.25) is 15.9 Å². The Hall–Kier alpha value is -2.71. The fourth-order valence-corrected chi connectivity index (χ4v) is 6.47. The summed E-state index contributed by atoms with van der Waals surface area (Å²) in [5.74, 6) is 0.707. The molecule has 2 aliphatic heterocycles. The molecule has 0 bridgehead atoms. The molecule has 0 radical (unpaired) electrons. The van der Waals surface area contributed by atoms with Gasteiger partial charge in [-0.3, -0.25) is 9.59 Å². The Morgan fingerprint density at radius 1 is 1.00 bits per heavy atom. The molecule has 34 heavy (non-hydrogen) atoms. The van der Waals surface area contributed by atoms with Crippen molar-refractivity contribution < 1.29 is 22.7 Å². The van der Waals surface area contributed by atoms with Gasteiger partial charge in [0.1, 0.15) is 5.75 Å². The number of carbonyl (C=O) groups excluding carboxylic acids is 2. The van der Waals surface area contributed by atoms with E-state index < -0.39 is 10.0 Å². The molecule has 0 spiro atoms. The van der Waals surface area contributed by atoms with E-state index in [-0.39, 0.29) is 28.5 Å². The van der Waals surface area contributed by atoms with Crippen molar-refractivity contribution in [3.05, 3.63) is 59.7 Å². The van der Waals surface area contributed by atoms with Gasteiger partial charge in [0, 0.05) is 37.2 Å². The molecule has 0 aliphatic carbocycles. The van der Waals surface area contributed by atoms with E-state index in [0.29, 0.717) is 31.5 Å². The van der Waals surface area contributed by atoms with Crippen LogP contribution < -0.4 is 4.74 Å². The SMILES string of the molecule is COc1cccc(CC2CCCN2C(=O)C2CCN(S(=O)(=O)c3ccc(C(C)=O)cc3)CC2)c1. The van der Waals surface area contributed by atoms with Gasteiger partial charge in [0.05, 0.1) is 12.0 Å². The van der Waals surface area contributed by atoms with Gasteiger partial charge >= 0.3 is 0 Å². The Bertz CT molecular complexity index is 1140. The summed E-state index contributed by atoms with van der Waals surface area (Å²) < 4.78 is 32.9. The third kappa shape index (κ3) is 5.18. The second kappa shape index (κ2) is 10.3. The third-order valence-electron chi connectivity index (χ3n) is 6.97. The van der Waals surface area contributed by atoms with Gasteiger partial charge in [0.15, 0.2) is 5.78 Å². The van der Waals surface area contributed by atoms with Crippen molar-refractivity contribution in [2.75, 3.05) is 26.7 Å². The molecule has 2 aliphatic rings. The van der Waals surface area contributed by atoms with Gasteiger partial charge in [-0.25, -0.2) is 8.42 Å². The molecule has 7 nitrogen and oxygen atoms in total. The number of methoxy groups -OCH3 is 1. The number of likely N-dealkylation sites (tertiary alicyclic amines) is 1. The number of hydrogen-bond donors (Lipinski definition) is 0. The summed E-state index contributed by atoms with van der Waals surface area (Å²) in [4.78, 5) is 27.0. The lowest BCUT2D eigenvalue weighted by atomic mass is 9.95. The van der Waals surface area contributed by atoms with E-state index in [9.17, 15) is 18.0 Å². The number of amides is 1. The minimum absolute atomic E-state index is 0.102. The second-order valence-electron chi connectivity index (χ2n) is 9.14. The van der Waals surface area contributed by atoms with Crippen LogP contribution in [0.25, 0.3) is 0 Å². The number of hydrogen-bond acceptors (Lipinski definition) is 5. The number of rotatable bonds is 7. The van der Waals surface area contributed by atoms with E-state index >= 15 is 0 Å². The Labute approximate surface area is 201 Å². The first-order valence-electron chi connectivity index (χ1n) is 11.8. The molecule has 182 valence electrons. The Kier molecular flexibility index (Phi) is 7.38. The summed E-state index contributed by atoms with van der Waals surface area (Å²) in [7, 11) is -1.99. The minimum Gasteiger partial charge on any atom is -0.497 e. The van der Waals surface area contributed by atoms with E-state index in [1.165, 1.54) is 23.4 Å². The number of sulfonamides is 1. The van der Waals surface area contributed by atoms with Crippen molar-refractivity contribution in [3.63, 3.8) is 0 Å². The summed E-state index contributed by atoms with van der Waals surface area (Å²) in [5, 5.41) is 0. The normalized spacial score (nSPS) is 19.8. The fourth-order valence-electron chi connectivity index (χ4n) is 5.00. The highest BCUT2D eigenvalue weighted by Gasteiger charge is 2.37. The smallest absolute Gasteiger partial charge is 0.243 e. The first-order chi connectivity index (χ1) is 16.3. The number of piperidine rings is 1. The Balaban J connectivity index is 1.37. The lowest BCUT2D eigenvalue weighted by Gasteiger charge is -2.34. The number of carbonyl (C=O) groups is 2. The van der Waals surface area contributed by atoms with Crippen LogP contribution in [0.2, 0.25) is 0 Å². The van der Waals surface area contributed by atoms with Gasteiger partial charge in [-0.1, -0.05) is 24.3 Å². The maximum absolute atomic E-state index is 13.4. The standard InChI is InChI=1S/C26H32N2O5S/c1-19(29)21-8-10-25(11-9-21)34(31,32)27-15-12-22(13-16-27)26(30)28-14-4-6-23(28)17-20-5-3-7-24(18-20)33-2/h3,5,7-11,18,22-23H,4,6,12-17H2,1-2H3. The van der Waals surface area contributed by atoms with Crippen LogP contribution in [0.1, 0.15) is 48.5 Å². The van der Waals surface area contributed by atoms with Gasteiger partial charge in [-0.05, 0) is 68.9 Å². The highest BCUT2D eigenvalue weighted by molar-refractivity contribution is 7.89. The fraction of sp³-hybridized carbons (Fsp3) is 0.462. The molecule has 0 N–H and O–H groups in total. The number of ether oxygens (including phenoxy) is 1. The Morgan fingerprint density at radius 2 is 1.71 bits per heavy atom. The van der Waals surface area contributed by atoms with Crippen molar-refractivity contribution in [1.82, 2.24) is 9.21 Å². The molecule has 2 heterocycles. The number of Topliss-reactive ketones (excluding diaryl/α,β-unsaturated/α-hetero) is 1. The lowest BCUT2D eigenvalue weighted by Crippen LogP contribution is -2.46. The average Bonchev–Trinajstić information content (AvgIpc) is 3.31. The second-order valence-corrected chi connectivity index (χ2v) is 11.1. The molecule has 2 saturated heterocycles.